The number of benzene rings is 2. The molecule has 1 heterocycles. The zero-order valence-electron chi connectivity index (χ0n) is 14.8. The number of anilines is 1. The molecule has 1 aromatic heterocycles. The van der Waals surface area contributed by atoms with Crippen LogP contribution in [0.4, 0.5) is 5.69 Å². The van der Waals surface area contributed by atoms with Gasteiger partial charge in [0.05, 0.1) is 12.7 Å². The van der Waals surface area contributed by atoms with Crippen LogP contribution >= 0.6 is 0 Å². The molecule has 0 saturated heterocycles. The molecule has 0 aliphatic heterocycles. The minimum Gasteiger partial charge on any atom is -0.497 e. The topological polar surface area (TPSA) is 80.3 Å². The number of hydrogen-bond donors (Lipinski definition) is 2. The largest absolute Gasteiger partial charge is 0.497 e. The molecule has 3 rings (SSSR count). The monoisotopic (exact) mass is 361 g/mol. The van der Waals surface area contributed by atoms with E-state index >= 15 is 0 Å². The van der Waals surface area contributed by atoms with Gasteiger partial charge >= 0.3 is 0 Å². The second-order valence-corrected chi connectivity index (χ2v) is 5.81. The average molecular weight is 361 g/mol. The third-order valence-corrected chi connectivity index (χ3v) is 3.91. The first-order chi connectivity index (χ1) is 13.2. The Balaban J connectivity index is 1.61. The fourth-order valence-electron chi connectivity index (χ4n) is 2.49. The lowest BCUT2D eigenvalue weighted by Gasteiger charge is -2.09. The maximum Gasteiger partial charge on any atom is 0.255 e. The summed E-state index contributed by atoms with van der Waals surface area (Å²) in [5, 5.41) is 5.69. The molecule has 6 nitrogen and oxygen atoms in total. The SMILES string of the molecule is COc1ccc(C(=O)Nc2cccc(CNC(=O)c3cccnc3)c2)cc1. The fraction of sp³-hybridized carbons (Fsp3) is 0.0952. The first-order valence-electron chi connectivity index (χ1n) is 8.38. The molecule has 0 saturated carbocycles. The molecule has 2 N–H and O–H groups in total. The van der Waals surface area contributed by atoms with Crippen LogP contribution in [0.5, 0.6) is 5.75 Å². The number of aromatic nitrogens is 1. The highest BCUT2D eigenvalue weighted by molar-refractivity contribution is 6.04. The first kappa shape index (κ1) is 18.1. The van der Waals surface area contributed by atoms with Gasteiger partial charge in [-0.3, -0.25) is 14.6 Å². The standard InChI is InChI=1S/C21H19N3O3/c1-27-19-9-7-16(8-10-19)21(26)24-18-6-2-4-15(12-18)13-23-20(25)17-5-3-11-22-14-17/h2-12,14H,13H2,1H3,(H,23,25)(H,24,26). The van der Waals surface area contributed by atoms with E-state index in [-0.39, 0.29) is 11.8 Å². The van der Waals surface area contributed by atoms with Gasteiger partial charge in [0.2, 0.25) is 0 Å². The second-order valence-electron chi connectivity index (χ2n) is 5.81. The molecule has 3 aromatic rings. The third-order valence-electron chi connectivity index (χ3n) is 3.91. The molecule has 136 valence electrons. The Morgan fingerprint density at radius 3 is 2.48 bits per heavy atom. The van der Waals surface area contributed by atoms with E-state index < -0.39 is 0 Å². The van der Waals surface area contributed by atoms with Gasteiger partial charge < -0.3 is 15.4 Å². The van der Waals surface area contributed by atoms with Crippen LogP contribution in [-0.4, -0.2) is 23.9 Å². The molecule has 0 spiro atoms. The number of carbonyl (C=O) groups excluding carboxylic acids is 2. The predicted octanol–water partition coefficient (Wildman–Crippen LogP) is 3.27. The summed E-state index contributed by atoms with van der Waals surface area (Å²) >= 11 is 0. The Morgan fingerprint density at radius 2 is 1.78 bits per heavy atom. The summed E-state index contributed by atoms with van der Waals surface area (Å²) in [5.74, 6) is 0.280. The van der Waals surface area contributed by atoms with Crippen LogP contribution in [0.2, 0.25) is 0 Å². The number of rotatable bonds is 6. The lowest BCUT2D eigenvalue weighted by atomic mass is 10.1. The van der Waals surface area contributed by atoms with Crippen molar-refractivity contribution in [3.8, 4) is 5.75 Å². The first-order valence-corrected chi connectivity index (χ1v) is 8.38. The summed E-state index contributed by atoms with van der Waals surface area (Å²) in [7, 11) is 1.58. The van der Waals surface area contributed by atoms with E-state index in [2.05, 4.69) is 15.6 Å². The smallest absolute Gasteiger partial charge is 0.255 e. The summed E-state index contributed by atoms with van der Waals surface area (Å²) in [4.78, 5) is 28.4. The lowest BCUT2D eigenvalue weighted by molar-refractivity contribution is 0.0949. The van der Waals surface area contributed by atoms with Crippen molar-refractivity contribution in [1.29, 1.82) is 0 Å². The number of nitrogens with one attached hydrogen (secondary N) is 2. The van der Waals surface area contributed by atoms with Crippen LogP contribution in [0.1, 0.15) is 26.3 Å². The number of hydrogen-bond acceptors (Lipinski definition) is 4. The Kier molecular flexibility index (Phi) is 5.79. The Morgan fingerprint density at radius 1 is 0.963 bits per heavy atom. The molecule has 0 radical (unpaired) electrons. The Hall–Kier alpha value is -3.67. The van der Waals surface area contributed by atoms with Crippen molar-refractivity contribution in [2.45, 2.75) is 6.54 Å². The van der Waals surface area contributed by atoms with E-state index in [1.807, 2.05) is 18.2 Å². The highest BCUT2D eigenvalue weighted by atomic mass is 16.5. The normalized spacial score (nSPS) is 10.1. The Bertz CT molecular complexity index is 925. The van der Waals surface area contributed by atoms with Gasteiger partial charge in [-0.2, -0.15) is 0 Å². The van der Waals surface area contributed by atoms with Crippen LogP contribution in [0, 0.1) is 0 Å². The van der Waals surface area contributed by atoms with Crippen LogP contribution in [0.25, 0.3) is 0 Å². The zero-order chi connectivity index (χ0) is 19.1. The van der Waals surface area contributed by atoms with Gasteiger partial charge in [-0.05, 0) is 54.1 Å². The molecular formula is C21H19N3O3. The van der Waals surface area contributed by atoms with Crippen molar-refractivity contribution >= 4 is 17.5 Å². The van der Waals surface area contributed by atoms with Crippen LogP contribution in [-0.2, 0) is 6.54 Å². The maximum absolute atomic E-state index is 12.3. The van der Waals surface area contributed by atoms with Crippen LogP contribution in [0.15, 0.2) is 73.1 Å². The summed E-state index contributed by atoms with van der Waals surface area (Å²) in [6, 6.07) is 17.6. The quantitative estimate of drug-likeness (QED) is 0.706. The van der Waals surface area contributed by atoms with E-state index in [1.54, 1.807) is 55.8 Å². The molecule has 27 heavy (non-hydrogen) atoms. The molecule has 0 unspecified atom stereocenters. The zero-order valence-corrected chi connectivity index (χ0v) is 14.8. The van der Waals surface area contributed by atoms with Gasteiger partial charge in [0.25, 0.3) is 11.8 Å². The molecule has 0 aliphatic carbocycles. The summed E-state index contributed by atoms with van der Waals surface area (Å²) < 4.78 is 5.09. The number of methoxy groups -OCH3 is 1. The molecule has 0 atom stereocenters. The van der Waals surface area contributed by atoms with E-state index in [1.165, 1.54) is 6.20 Å². The second kappa shape index (κ2) is 8.62. The van der Waals surface area contributed by atoms with Gasteiger partial charge in [0.15, 0.2) is 0 Å². The van der Waals surface area contributed by atoms with E-state index in [4.69, 9.17) is 4.74 Å². The van der Waals surface area contributed by atoms with Gasteiger partial charge in [-0.15, -0.1) is 0 Å². The highest BCUT2D eigenvalue weighted by Crippen LogP contribution is 2.15. The van der Waals surface area contributed by atoms with Crippen molar-refractivity contribution in [3.05, 3.63) is 89.7 Å². The van der Waals surface area contributed by atoms with Crippen molar-refractivity contribution in [1.82, 2.24) is 10.3 Å². The highest BCUT2D eigenvalue weighted by Gasteiger charge is 2.08. The number of pyridine rings is 1. The predicted molar refractivity (Wildman–Crippen MR) is 103 cm³/mol. The number of nitrogens with zero attached hydrogens (tertiary/aromatic N) is 1. The minimum absolute atomic E-state index is 0.198. The third kappa shape index (κ3) is 4.92. The average Bonchev–Trinajstić information content (AvgIpc) is 2.73. The van der Waals surface area contributed by atoms with E-state index in [0.717, 1.165) is 5.56 Å². The molecular weight excluding hydrogens is 342 g/mol. The molecule has 6 heteroatoms. The number of carbonyl (C=O) groups is 2. The maximum atomic E-state index is 12.3. The van der Waals surface area contributed by atoms with Gasteiger partial charge in [0.1, 0.15) is 5.75 Å². The lowest BCUT2D eigenvalue weighted by Crippen LogP contribution is -2.23. The van der Waals surface area contributed by atoms with Crippen LogP contribution in [0.3, 0.4) is 0 Å². The van der Waals surface area contributed by atoms with E-state index in [0.29, 0.717) is 29.1 Å². The van der Waals surface area contributed by atoms with Crippen molar-refractivity contribution < 1.29 is 14.3 Å². The molecule has 0 aliphatic rings. The molecule has 0 bridgehead atoms. The van der Waals surface area contributed by atoms with Gasteiger partial charge in [-0.25, -0.2) is 0 Å². The van der Waals surface area contributed by atoms with Crippen molar-refractivity contribution in [2.24, 2.45) is 0 Å². The van der Waals surface area contributed by atoms with Crippen LogP contribution < -0.4 is 15.4 Å². The van der Waals surface area contributed by atoms with E-state index in [9.17, 15) is 9.59 Å². The van der Waals surface area contributed by atoms with Crippen molar-refractivity contribution in [3.63, 3.8) is 0 Å². The summed E-state index contributed by atoms with van der Waals surface area (Å²) in [6.07, 6.45) is 3.13. The number of amides is 2. The molecule has 2 amide bonds. The van der Waals surface area contributed by atoms with Crippen molar-refractivity contribution in [2.75, 3.05) is 12.4 Å². The summed E-state index contributed by atoms with van der Waals surface area (Å²) in [6.45, 7) is 0.347. The fourth-order valence-corrected chi connectivity index (χ4v) is 2.49. The minimum atomic E-state index is -0.214. The number of ether oxygens (including phenoxy) is 1. The Labute approximate surface area is 157 Å². The van der Waals surface area contributed by atoms with Gasteiger partial charge in [0, 0.05) is 30.2 Å². The molecule has 0 fully saturated rings. The molecule has 2 aromatic carbocycles. The van der Waals surface area contributed by atoms with Gasteiger partial charge in [-0.1, -0.05) is 12.1 Å². The summed E-state index contributed by atoms with van der Waals surface area (Å²) in [5.41, 5.74) is 2.57.